The molecule has 0 spiro atoms. The maximum absolute atomic E-state index is 9.35. The van der Waals surface area contributed by atoms with Gasteiger partial charge in [0.15, 0.2) is 0 Å². The van der Waals surface area contributed by atoms with Gasteiger partial charge in [-0.15, -0.1) is 0 Å². The number of phenols is 1. The van der Waals surface area contributed by atoms with Gasteiger partial charge in [0.05, 0.1) is 0 Å². The van der Waals surface area contributed by atoms with Gasteiger partial charge in [-0.25, -0.2) is 0 Å². The van der Waals surface area contributed by atoms with E-state index in [1.165, 1.54) is 25.7 Å². The van der Waals surface area contributed by atoms with Crippen molar-refractivity contribution in [3.05, 3.63) is 24.3 Å². The quantitative estimate of drug-likeness (QED) is 0.792. The molecule has 2 heteroatoms. The van der Waals surface area contributed by atoms with Crippen LogP contribution in [-0.4, -0.2) is 11.1 Å². The number of hydrogen-bond acceptors (Lipinski definition) is 2. The molecule has 0 heterocycles. The number of rotatable bonds is 3. The number of aromatic hydroxyl groups is 1. The van der Waals surface area contributed by atoms with E-state index in [0.717, 1.165) is 11.6 Å². The minimum absolute atomic E-state index is 0.338. The summed E-state index contributed by atoms with van der Waals surface area (Å²) in [4.78, 5) is 0. The summed E-state index contributed by atoms with van der Waals surface area (Å²) in [5.41, 5.74) is 1.04. The van der Waals surface area contributed by atoms with Crippen molar-refractivity contribution >= 4 is 5.69 Å². The first-order valence-corrected chi connectivity index (χ1v) is 5.83. The number of nitrogens with one attached hydrogen (secondary N) is 1. The second kappa shape index (κ2) is 4.56. The third-order valence-electron chi connectivity index (χ3n) is 3.34. The molecule has 2 atom stereocenters. The zero-order chi connectivity index (χ0) is 10.7. The molecule has 0 radical (unpaired) electrons. The van der Waals surface area contributed by atoms with Crippen LogP contribution in [0.3, 0.4) is 0 Å². The van der Waals surface area contributed by atoms with Crippen molar-refractivity contribution in [3.8, 4) is 5.75 Å². The molecule has 0 amide bonds. The topological polar surface area (TPSA) is 32.3 Å². The highest BCUT2D eigenvalue weighted by Crippen LogP contribution is 2.30. The van der Waals surface area contributed by atoms with Crippen LogP contribution < -0.4 is 5.32 Å². The summed E-state index contributed by atoms with van der Waals surface area (Å²) in [5, 5.41) is 12.8. The molecular weight excluding hydrogens is 186 g/mol. The van der Waals surface area contributed by atoms with Gasteiger partial charge in [-0.2, -0.15) is 0 Å². The Balaban J connectivity index is 1.92. The Labute approximate surface area is 91.3 Å². The summed E-state index contributed by atoms with van der Waals surface area (Å²) in [5.74, 6) is 1.23. The maximum Gasteiger partial charge on any atom is 0.117 e. The Kier molecular flexibility index (Phi) is 3.14. The lowest BCUT2D eigenvalue weighted by molar-refractivity contribution is 0.475. The van der Waals surface area contributed by atoms with Crippen LogP contribution in [0.4, 0.5) is 5.69 Å². The van der Waals surface area contributed by atoms with Crippen molar-refractivity contribution in [2.75, 3.05) is 5.32 Å². The Morgan fingerprint density at radius 3 is 2.93 bits per heavy atom. The molecule has 0 saturated heterocycles. The van der Waals surface area contributed by atoms with Gasteiger partial charge in [-0.3, -0.25) is 0 Å². The standard InChI is InChI=1S/C13H19NO/c1-2-10-6-7-12(8-10)14-11-4-3-5-13(15)9-11/h3-5,9-10,12,14-15H,2,6-8H2,1H3. The number of benzene rings is 1. The van der Waals surface area contributed by atoms with Gasteiger partial charge in [0.2, 0.25) is 0 Å². The van der Waals surface area contributed by atoms with E-state index in [1.54, 1.807) is 12.1 Å². The van der Waals surface area contributed by atoms with Crippen molar-refractivity contribution in [2.24, 2.45) is 5.92 Å². The van der Waals surface area contributed by atoms with Gasteiger partial charge >= 0.3 is 0 Å². The van der Waals surface area contributed by atoms with Crippen LogP contribution in [0, 0.1) is 5.92 Å². The third kappa shape index (κ3) is 2.65. The van der Waals surface area contributed by atoms with Crippen LogP contribution in [0.25, 0.3) is 0 Å². The molecule has 0 aromatic heterocycles. The van der Waals surface area contributed by atoms with Crippen LogP contribution in [0.15, 0.2) is 24.3 Å². The summed E-state index contributed by atoms with van der Waals surface area (Å²) in [6.07, 6.45) is 5.16. The van der Waals surface area contributed by atoms with E-state index in [1.807, 2.05) is 12.1 Å². The molecule has 1 aromatic carbocycles. The van der Waals surface area contributed by atoms with E-state index >= 15 is 0 Å². The Morgan fingerprint density at radius 2 is 2.27 bits per heavy atom. The van der Waals surface area contributed by atoms with Gasteiger partial charge in [0, 0.05) is 17.8 Å². The number of phenolic OH excluding ortho intramolecular Hbond substituents is 1. The molecular formula is C13H19NO. The molecule has 1 saturated carbocycles. The van der Waals surface area contributed by atoms with Crippen molar-refractivity contribution in [3.63, 3.8) is 0 Å². The highest BCUT2D eigenvalue weighted by molar-refractivity contribution is 5.48. The van der Waals surface area contributed by atoms with E-state index in [4.69, 9.17) is 0 Å². The van der Waals surface area contributed by atoms with E-state index in [0.29, 0.717) is 11.8 Å². The lowest BCUT2D eigenvalue weighted by Crippen LogP contribution is -2.15. The first-order valence-electron chi connectivity index (χ1n) is 5.83. The van der Waals surface area contributed by atoms with Crippen molar-refractivity contribution < 1.29 is 5.11 Å². The second-order valence-corrected chi connectivity index (χ2v) is 4.48. The second-order valence-electron chi connectivity index (χ2n) is 4.48. The molecule has 15 heavy (non-hydrogen) atoms. The average Bonchev–Trinajstić information content (AvgIpc) is 2.65. The largest absolute Gasteiger partial charge is 0.508 e. The first-order chi connectivity index (χ1) is 7.28. The molecule has 82 valence electrons. The molecule has 0 bridgehead atoms. The van der Waals surface area contributed by atoms with E-state index in [9.17, 15) is 5.11 Å². The van der Waals surface area contributed by atoms with Crippen LogP contribution in [0.1, 0.15) is 32.6 Å². The Hall–Kier alpha value is -1.18. The zero-order valence-corrected chi connectivity index (χ0v) is 9.24. The summed E-state index contributed by atoms with van der Waals surface area (Å²) in [6, 6.07) is 7.98. The number of anilines is 1. The minimum atomic E-state index is 0.338. The van der Waals surface area contributed by atoms with Crippen molar-refractivity contribution in [1.82, 2.24) is 0 Å². The molecule has 2 N–H and O–H groups in total. The SMILES string of the molecule is CCC1CCC(Nc2cccc(O)c2)C1. The minimum Gasteiger partial charge on any atom is -0.508 e. The fraction of sp³-hybridized carbons (Fsp3) is 0.538. The molecule has 1 aliphatic rings. The Bertz CT molecular complexity index is 324. The van der Waals surface area contributed by atoms with E-state index in [2.05, 4.69) is 12.2 Å². The third-order valence-corrected chi connectivity index (χ3v) is 3.34. The molecule has 0 aliphatic heterocycles. The molecule has 1 aliphatic carbocycles. The van der Waals surface area contributed by atoms with Gasteiger partial charge in [-0.05, 0) is 37.3 Å². The van der Waals surface area contributed by atoms with Gasteiger partial charge < -0.3 is 10.4 Å². The van der Waals surface area contributed by atoms with Crippen molar-refractivity contribution in [1.29, 1.82) is 0 Å². The fourth-order valence-electron chi connectivity index (χ4n) is 2.41. The van der Waals surface area contributed by atoms with Crippen molar-refractivity contribution in [2.45, 2.75) is 38.6 Å². The van der Waals surface area contributed by atoms with Crippen LogP contribution in [-0.2, 0) is 0 Å². The predicted molar refractivity (Wildman–Crippen MR) is 63.1 cm³/mol. The first kappa shape index (κ1) is 10.3. The Morgan fingerprint density at radius 1 is 1.40 bits per heavy atom. The molecule has 1 fully saturated rings. The normalized spacial score (nSPS) is 25.4. The highest BCUT2D eigenvalue weighted by Gasteiger charge is 2.22. The van der Waals surface area contributed by atoms with Gasteiger partial charge in [-0.1, -0.05) is 19.4 Å². The van der Waals surface area contributed by atoms with E-state index in [-0.39, 0.29) is 0 Å². The van der Waals surface area contributed by atoms with Gasteiger partial charge in [0.1, 0.15) is 5.75 Å². The maximum atomic E-state index is 9.35. The van der Waals surface area contributed by atoms with Gasteiger partial charge in [0.25, 0.3) is 0 Å². The monoisotopic (exact) mass is 205 g/mol. The zero-order valence-electron chi connectivity index (χ0n) is 9.24. The highest BCUT2D eigenvalue weighted by atomic mass is 16.3. The lowest BCUT2D eigenvalue weighted by atomic mass is 10.1. The smallest absolute Gasteiger partial charge is 0.117 e. The summed E-state index contributed by atoms with van der Waals surface area (Å²) in [6.45, 7) is 2.27. The number of hydrogen-bond donors (Lipinski definition) is 2. The molecule has 2 nitrogen and oxygen atoms in total. The van der Waals surface area contributed by atoms with Crippen LogP contribution in [0.2, 0.25) is 0 Å². The molecule has 1 aromatic rings. The summed E-state index contributed by atoms with van der Waals surface area (Å²) >= 11 is 0. The van der Waals surface area contributed by atoms with Crippen LogP contribution in [0.5, 0.6) is 5.75 Å². The summed E-state index contributed by atoms with van der Waals surface area (Å²) < 4.78 is 0. The average molecular weight is 205 g/mol. The van der Waals surface area contributed by atoms with E-state index < -0.39 is 0 Å². The summed E-state index contributed by atoms with van der Waals surface area (Å²) in [7, 11) is 0. The fourth-order valence-corrected chi connectivity index (χ4v) is 2.41. The molecule has 2 rings (SSSR count). The molecule has 2 unspecified atom stereocenters. The lowest BCUT2D eigenvalue weighted by Gasteiger charge is -2.14. The predicted octanol–water partition coefficient (Wildman–Crippen LogP) is 3.38. The van der Waals surface area contributed by atoms with Crippen LogP contribution >= 0.6 is 0 Å².